The highest BCUT2D eigenvalue weighted by Crippen LogP contribution is 2.19. The molecule has 0 aliphatic carbocycles. The Hall–Kier alpha value is -2.89. The fourth-order valence-corrected chi connectivity index (χ4v) is 3.22. The Morgan fingerprint density at radius 1 is 1.08 bits per heavy atom. The predicted molar refractivity (Wildman–Crippen MR) is 94.4 cm³/mol. The second-order valence-corrected chi connectivity index (χ2v) is 6.36. The van der Waals surface area contributed by atoms with Gasteiger partial charge >= 0.3 is 0 Å². The third kappa shape index (κ3) is 3.07. The number of rotatable bonds is 2. The highest BCUT2D eigenvalue weighted by molar-refractivity contribution is 5.93. The lowest BCUT2D eigenvalue weighted by Gasteiger charge is -2.36. The standard InChI is InChI=1S/C19H19FN4O/c1-14-3-2-4-16(11-14)22-7-9-23(10-8-22)19(25)17-13-24-12-15(20)5-6-18(24)21-17/h2-6,11-13H,7-10H2,1H3. The Balaban J connectivity index is 1.47. The minimum atomic E-state index is -0.351. The van der Waals surface area contributed by atoms with E-state index in [0.29, 0.717) is 24.4 Å². The molecule has 5 nitrogen and oxygen atoms in total. The normalized spacial score (nSPS) is 15.0. The molecule has 6 heteroatoms. The van der Waals surface area contributed by atoms with Gasteiger partial charge in [-0.3, -0.25) is 4.79 Å². The number of benzene rings is 1. The summed E-state index contributed by atoms with van der Waals surface area (Å²) in [5.41, 5.74) is 3.35. The number of hydrogen-bond donors (Lipinski definition) is 0. The number of aryl methyl sites for hydroxylation is 1. The number of nitrogens with zero attached hydrogens (tertiary/aromatic N) is 4. The molecule has 0 bridgehead atoms. The van der Waals surface area contributed by atoms with Crippen LogP contribution < -0.4 is 4.90 Å². The summed E-state index contributed by atoms with van der Waals surface area (Å²) in [6.45, 7) is 4.95. The van der Waals surface area contributed by atoms with Gasteiger partial charge in [0, 0.05) is 44.3 Å². The molecule has 0 saturated carbocycles. The second kappa shape index (κ2) is 6.20. The van der Waals surface area contributed by atoms with Crippen LogP contribution in [0.3, 0.4) is 0 Å². The average molecular weight is 338 g/mol. The van der Waals surface area contributed by atoms with Crippen molar-refractivity contribution in [1.29, 1.82) is 0 Å². The first kappa shape index (κ1) is 15.6. The summed E-state index contributed by atoms with van der Waals surface area (Å²) in [7, 11) is 0. The molecule has 3 heterocycles. The molecule has 1 saturated heterocycles. The van der Waals surface area contributed by atoms with E-state index in [2.05, 4.69) is 41.1 Å². The van der Waals surface area contributed by atoms with Gasteiger partial charge in [0.15, 0.2) is 0 Å². The molecule has 1 amide bonds. The van der Waals surface area contributed by atoms with Gasteiger partial charge in [0.25, 0.3) is 5.91 Å². The van der Waals surface area contributed by atoms with E-state index < -0.39 is 0 Å². The molecule has 25 heavy (non-hydrogen) atoms. The molecule has 0 spiro atoms. The lowest BCUT2D eigenvalue weighted by Crippen LogP contribution is -2.48. The van der Waals surface area contributed by atoms with E-state index in [1.165, 1.54) is 23.5 Å². The van der Waals surface area contributed by atoms with E-state index in [0.717, 1.165) is 13.1 Å². The van der Waals surface area contributed by atoms with Gasteiger partial charge < -0.3 is 14.2 Å². The summed E-state index contributed by atoms with van der Waals surface area (Å²) in [6.07, 6.45) is 2.92. The minimum Gasteiger partial charge on any atom is -0.368 e. The highest BCUT2D eigenvalue weighted by Gasteiger charge is 2.24. The van der Waals surface area contributed by atoms with Crippen molar-refractivity contribution < 1.29 is 9.18 Å². The van der Waals surface area contributed by atoms with Crippen molar-refractivity contribution in [3.8, 4) is 0 Å². The van der Waals surface area contributed by atoms with Crippen molar-refractivity contribution in [3.05, 3.63) is 65.9 Å². The van der Waals surface area contributed by atoms with Crippen molar-refractivity contribution in [2.45, 2.75) is 6.92 Å². The molecule has 128 valence electrons. The van der Waals surface area contributed by atoms with Crippen molar-refractivity contribution in [2.24, 2.45) is 0 Å². The van der Waals surface area contributed by atoms with E-state index in [4.69, 9.17) is 0 Å². The van der Waals surface area contributed by atoms with Gasteiger partial charge in [0.05, 0.1) is 0 Å². The summed E-state index contributed by atoms with van der Waals surface area (Å²) in [6, 6.07) is 11.3. The van der Waals surface area contributed by atoms with Crippen LogP contribution in [0, 0.1) is 12.7 Å². The predicted octanol–water partition coefficient (Wildman–Crippen LogP) is 2.74. The Morgan fingerprint density at radius 3 is 2.64 bits per heavy atom. The number of carbonyl (C=O) groups excluding carboxylic acids is 1. The van der Waals surface area contributed by atoms with Crippen LogP contribution in [0.4, 0.5) is 10.1 Å². The molecule has 1 fully saturated rings. The molecule has 0 atom stereocenters. The zero-order chi connectivity index (χ0) is 17.4. The van der Waals surface area contributed by atoms with Gasteiger partial charge in [0.2, 0.25) is 0 Å². The third-order valence-electron chi connectivity index (χ3n) is 4.57. The maximum atomic E-state index is 13.3. The molecule has 3 aromatic rings. The molecule has 4 rings (SSSR count). The Bertz CT molecular complexity index is 928. The number of amides is 1. The van der Waals surface area contributed by atoms with Crippen LogP contribution in [0.1, 0.15) is 16.1 Å². The van der Waals surface area contributed by atoms with E-state index >= 15 is 0 Å². The van der Waals surface area contributed by atoms with Crippen LogP contribution in [-0.2, 0) is 0 Å². The van der Waals surface area contributed by atoms with Crippen molar-refractivity contribution in [1.82, 2.24) is 14.3 Å². The number of hydrogen-bond acceptors (Lipinski definition) is 3. The zero-order valence-electron chi connectivity index (χ0n) is 14.0. The zero-order valence-corrected chi connectivity index (χ0v) is 14.0. The smallest absolute Gasteiger partial charge is 0.274 e. The summed E-state index contributed by atoms with van der Waals surface area (Å²) in [5, 5.41) is 0. The number of anilines is 1. The van der Waals surface area contributed by atoms with Gasteiger partial charge in [-0.1, -0.05) is 12.1 Å². The first-order valence-electron chi connectivity index (χ1n) is 8.35. The quantitative estimate of drug-likeness (QED) is 0.721. The van der Waals surface area contributed by atoms with Gasteiger partial charge in [-0.25, -0.2) is 9.37 Å². The van der Waals surface area contributed by atoms with Crippen LogP contribution in [0.25, 0.3) is 5.65 Å². The lowest BCUT2D eigenvalue weighted by atomic mass is 10.2. The molecular weight excluding hydrogens is 319 g/mol. The molecule has 2 aromatic heterocycles. The van der Waals surface area contributed by atoms with Crippen LogP contribution in [0.15, 0.2) is 48.8 Å². The molecule has 0 N–H and O–H groups in total. The fraction of sp³-hybridized carbons (Fsp3) is 0.263. The maximum Gasteiger partial charge on any atom is 0.274 e. The monoisotopic (exact) mass is 338 g/mol. The molecule has 0 unspecified atom stereocenters. The topological polar surface area (TPSA) is 40.9 Å². The van der Waals surface area contributed by atoms with Crippen molar-refractivity contribution in [3.63, 3.8) is 0 Å². The van der Waals surface area contributed by atoms with E-state index in [-0.39, 0.29) is 11.7 Å². The van der Waals surface area contributed by atoms with Gasteiger partial charge in [-0.15, -0.1) is 0 Å². The van der Waals surface area contributed by atoms with Crippen molar-refractivity contribution in [2.75, 3.05) is 31.1 Å². The van der Waals surface area contributed by atoms with Crippen LogP contribution >= 0.6 is 0 Å². The summed E-state index contributed by atoms with van der Waals surface area (Å²) < 4.78 is 14.8. The largest absolute Gasteiger partial charge is 0.368 e. The van der Waals surface area contributed by atoms with Gasteiger partial charge in [0.1, 0.15) is 17.2 Å². The third-order valence-corrected chi connectivity index (χ3v) is 4.57. The summed E-state index contributed by atoms with van der Waals surface area (Å²) >= 11 is 0. The number of piperazine rings is 1. The number of carbonyl (C=O) groups is 1. The number of halogens is 1. The fourth-order valence-electron chi connectivity index (χ4n) is 3.22. The molecule has 1 aliphatic heterocycles. The number of imidazole rings is 1. The van der Waals surface area contributed by atoms with E-state index in [1.807, 2.05) is 4.90 Å². The molecule has 0 radical (unpaired) electrons. The second-order valence-electron chi connectivity index (χ2n) is 6.36. The van der Waals surface area contributed by atoms with Gasteiger partial charge in [-0.05, 0) is 36.8 Å². The number of fused-ring (bicyclic) bond motifs is 1. The Labute approximate surface area is 145 Å². The average Bonchev–Trinajstić information content (AvgIpc) is 3.04. The van der Waals surface area contributed by atoms with E-state index in [9.17, 15) is 9.18 Å². The van der Waals surface area contributed by atoms with Crippen molar-refractivity contribution >= 4 is 17.2 Å². The Morgan fingerprint density at radius 2 is 1.88 bits per heavy atom. The molecule has 1 aromatic carbocycles. The van der Waals surface area contributed by atoms with Crippen LogP contribution in [0.2, 0.25) is 0 Å². The number of pyridine rings is 1. The lowest BCUT2D eigenvalue weighted by molar-refractivity contribution is 0.0741. The van der Waals surface area contributed by atoms with E-state index in [1.54, 1.807) is 16.7 Å². The molecule has 1 aliphatic rings. The number of aromatic nitrogens is 2. The Kier molecular flexibility index (Phi) is 3.87. The van der Waals surface area contributed by atoms with Crippen LogP contribution in [0.5, 0.6) is 0 Å². The highest BCUT2D eigenvalue weighted by atomic mass is 19.1. The van der Waals surface area contributed by atoms with Gasteiger partial charge in [-0.2, -0.15) is 0 Å². The first-order chi connectivity index (χ1) is 12.1. The maximum absolute atomic E-state index is 13.3. The molecular formula is C19H19FN4O. The first-order valence-corrected chi connectivity index (χ1v) is 8.35. The summed E-state index contributed by atoms with van der Waals surface area (Å²) in [4.78, 5) is 21.1. The minimum absolute atomic E-state index is 0.104. The SMILES string of the molecule is Cc1cccc(N2CCN(C(=O)c3cn4cc(F)ccc4n3)CC2)c1. The van der Waals surface area contributed by atoms with Crippen LogP contribution in [-0.4, -0.2) is 46.4 Å². The summed E-state index contributed by atoms with van der Waals surface area (Å²) in [5.74, 6) is -0.455.